The molecule has 156 valence electrons. The van der Waals surface area contributed by atoms with E-state index in [9.17, 15) is 4.39 Å². The molecule has 0 fully saturated rings. The third-order valence-electron chi connectivity index (χ3n) is 5.48. The molecule has 2 aromatic rings. The summed E-state index contributed by atoms with van der Waals surface area (Å²) in [6.07, 6.45) is 7.59. The van der Waals surface area contributed by atoms with Gasteiger partial charge in [-0.25, -0.2) is 4.39 Å². The minimum absolute atomic E-state index is 0.0481. The summed E-state index contributed by atoms with van der Waals surface area (Å²) in [6, 6.07) is 18.3. The highest BCUT2D eigenvalue weighted by atomic mass is 35.5. The van der Waals surface area contributed by atoms with Crippen molar-refractivity contribution in [3.63, 3.8) is 0 Å². The largest absolute Gasteiger partial charge is 0.360 e. The maximum absolute atomic E-state index is 13.2. The van der Waals surface area contributed by atoms with Crippen LogP contribution in [-0.4, -0.2) is 42.3 Å². The molecule has 3 nitrogen and oxygen atoms in total. The minimum atomic E-state index is -0.342. The van der Waals surface area contributed by atoms with Crippen molar-refractivity contribution >= 4 is 22.9 Å². The van der Waals surface area contributed by atoms with Crippen LogP contribution in [-0.2, 0) is 0 Å². The highest BCUT2D eigenvalue weighted by Crippen LogP contribution is 2.34. The maximum Gasteiger partial charge on any atom is 0.123 e. The van der Waals surface area contributed by atoms with Gasteiger partial charge in [-0.1, -0.05) is 67.1 Å². The van der Waals surface area contributed by atoms with E-state index in [1.54, 1.807) is 0 Å². The monoisotopic (exact) mass is 423 g/mol. The molecule has 1 unspecified atom stereocenters. The molecular weight excluding hydrogens is 397 g/mol. The standard InChI is InChI=1S/C25H27ClFN3/c1-2-15-29(16-14-27)18-23-25(20-8-11-22(26)12-9-20)28-24-13-10-21(17-30(23)24)19-6-4-3-5-7-19/h3-13,17,24,28H,2,14-16,18H2,1H3. The summed E-state index contributed by atoms with van der Waals surface area (Å²) in [5.74, 6) is 0. The van der Waals surface area contributed by atoms with Crippen LogP contribution in [0.4, 0.5) is 4.39 Å². The lowest BCUT2D eigenvalue weighted by atomic mass is 10.0. The van der Waals surface area contributed by atoms with Gasteiger partial charge in [0.05, 0.1) is 11.4 Å². The summed E-state index contributed by atoms with van der Waals surface area (Å²) in [5, 5.41) is 4.37. The summed E-state index contributed by atoms with van der Waals surface area (Å²) in [6.45, 7) is 3.78. The fraction of sp³-hybridized carbons (Fsp3) is 0.280. The molecule has 5 heteroatoms. The van der Waals surface area contributed by atoms with Gasteiger partial charge < -0.3 is 10.2 Å². The quantitative estimate of drug-likeness (QED) is 0.602. The normalized spacial score (nSPS) is 17.9. The Morgan fingerprint density at radius 2 is 1.80 bits per heavy atom. The van der Waals surface area contributed by atoms with Gasteiger partial charge in [0.15, 0.2) is 0 Å². The molecule has 2 aromatic carbocycles. The number of rotatable bonds is 8. The van der Waals surface area contributed by atoms with E-state index in [2.05, 4.69) is 64.7 Å². The van der Waals surface area contributed by atoms with Crippen molar-refractivity contribution in [2.24, 2.45) is 0 Å². The zero-order valence-corrected chi connectivity index (χ0v) is 17.9. The zero-order valence-electron chi connectivity index (χ0n) is 17.2. The maximum atomic E-state index is 13.2. The van der Waals surface area contributed by atoms with Crippen LogP contribution in [0.3, 0.4) is 0 Å². The Morgan fingerprint density at radius 3 is 2.50 bits per heavy atom. The van der Waals surface area contributed by atoms with E-state index < -0.39 is 0 Å². The van der Waals surface area contributed by atoms with Crippen molar-refractivity contribution in [1.29, 1.82) is 0 Å². The van der Waals surface area contributed by atoms with E-state index in [0.717, 1.165) is 35.5 Å². The third kappa shape index (κ3) is 4.45. The topological polar surface area (TPSA) is 18.5 Å². The Balaban J connectivity index is 1.73. The van der Waals surface area contributed by atoms with Gasteiger partial charge in [-0.05, 0) is 47.9 Å². The number of fused-ring (bicyclic) bond motifs is 1. The molecule has 0 aromatic heterocycles. The highest BCUT2D eigenvalue weighted by Gasteiger charge is 2.32. The Hall–Kier alpha value is -2.56. The molecule has 30 heavy (non-hydrogen) atoms. The lowest BCUT2D eigenvalue weighted by Gasteiger charge is -2.30. The van der Waals surface area contributed by atoms with Gasteiger partial charge in [0, 0.05) is 24.3 Å². The summed E-state index contributed by atoms with van der Waals surface area (Å²) in [4.78, 5) is 4.47. The molecule has 1 N–H and O–H groups in total. The van der Waals surface area contributed by atoms with E-state index in [1.165, 1.54) is 5.56 Å². The Morgan fingerprint density at radius 1 is 1.03 bits per heavy atom. The molecule has 0 saturated heterocycles. The molecule has 4 rings (SSSR count). The van der Waals surface area contributed by atoms with Gasteiger partial charge in [-0.3, -0.25) is 4.90 Å². The molecule has 0 saturated carbocycles. The van der Waals surface area contributed by atoms with Crippen LogP contribution < -0.4 is 5.32 Å². The summed E-state index contributed by atoms with van der Waals surface area (Å²) in [5.41, 5.74) is 5.66. The molecule has 0 aliphatic carbocycles. The van der Waals surface area contributed by atoms with Gasteiger partial charge in [0.25, 0.3) is 0 Å². The predicted molar refractivity (Wildman–Crippen MR) is 123 cm³/mol. The molecule has 1 atom stereocenters. The summed E-state index contributed by atoms with van der Waals surface area (Å²) >= 11 is 6.11. The second-order valence-electron chi connectivity index (χ2n) is 7.60. The van der Waals surface area contributed by atoms with Crippen molar-refractivity contribution in [2.45, 2.75) is 19.5 Å². The van der Waals surface area contributed by atoms with Crippen LogP contribution in [0, 0.1) is 0 Å². The molecule has 0 bridgehead atoms. The van der Waals surface area contributed by atoms with Crippen LogP contribution in [0.1, 0.15) is 24.5 Å². The molecule has 2 aliphatic rings. The highest BCUT2D eigenvalue weighted by molar-refractivity contribution is 6.30. The van der Waals surface area contributed by atoms with Crippen LogP contribution >= 0.6 is 11.6 Å². The average Bonchev–Trinajstić information content (AvgIpc) is 3.13. The minimum Gasteiger partial charge on any atom is -0.360 e. The van der Waals surface area contributed by atoms with Gasteiger partial charge in [-0.2, -0.15) is 0 Å². The number of nitrogens with one attached hydrogen (secondary N) is 1. The third-order valence-corrected chi connectivity index (χ3v) is 5.73. The van der Waals surface area contributed by atoms with E-state index in [4.69, 9.17) is 11.6 Å². The first-order valence-electron chi connectivity index (χ1n) is 10.5. The number of benzene rings is 2. The fourth-order valence-electron chi connectivity index (χ4n) is 4.03. The van der Waals surface area contributed by atoms with Crippen LogP contribution in [0.2, 0.25) is 5.02 Å². The first-order chi connectivity index (χ1) is 14.7. The van der Waals surface area contributed by atoms with Crippen molar-refractivity contribution in [1.82, 2.24) is 15.1 Å². The lowest BCUT2D eigenvalue weighted by molar-refractivity contribution is 0.246. The Labute approximate surface area is 183 Å². The van der Waals surface area contributed by atoms with Gasteiger partial charge in [0.2, 0.25) is 0 Å². The molecule has 2 heterocycles. The van der Waals surface area contributed by atoms with Gasteiger partial charge >= 0.3 is 0 Å². The smallest absolute Gasteiger partial charge is 0.123 e. The number of allylic oxidation sites excluding steroid dienone is 2. The average molecular weight is 424 g/mol. The van der Waals surface area contributed by atoms with Crippen LogP contribution in [0.5, 0.6) is 0 Å². The second-order valence-corrected chi connectivity index (χ2v) is 8.04. The first-order valence-corrected chi connectivity index (χ1v) is 10.8. The number of halogens is 2. The van der Waals surface area contributed by atoms with Gasteiger partial charge in [-0.15, -0.1) is 0 Å². The number of alkyl halides is 1. The fourth-order valence-corrected chi connectivity index (χ4v) is 4.16. The molecule has 0 radical (unpaired) electrons. The molecule has 0 amide bonds. The predicted octanol–water partition coefficient (Wildman–Crippen LogP) is 5.53. The molecule has 0 spiro atoms. The first kappa shape index (κ1) is 20.7. The SMILES string of the molecule is CCCN(CCF)CC1=C(c2ccc(Cl)cc2)NC2C=CC(c3ccccc3)=CN12. The van der Waals surface area contributed by atoms with Crippen LogP contribution in [0.15, 0.2) is 78.6 Å². The summed E-state index contributed by atoms with van der Waals surface area (Å²) in [7, 11) is 0. The molecular formula is C25H27ClFN3. The Bertz CT molecular complexity index is 944. The van der Waals surface area contributed by atoms with E-state index in [-0.39, 0.29) is 12.8 Å². The second kappa shape index (κ2) is 9.50. The molecule has 2 aliphatic heterocycles. The number of hydrogen-bond donors (Lipinski definition) is 1. The lowest BCUT2D eigenvalue weighted by Crippen LogP contribution is -2.37. The zero-order chi connectivity index (χ0) is 20.9. The van der Waals surface area contributed by atoms with Gasteiger partial charge in [0.1, 0.15) is 12.8 Å². The number of hydrogen-bond acceptors (Lipinski definition) is 3. The van der Waals surface area contributed by atoms with Crippen molar-refractivity contribution in [3.8, 4) is 0 Å². The van der Waals surface area contributed by atoms with E-state index in [1.807, 2.05) is 30.3 Å². The summed E-state index contributed by atoms with van der Waals surface area (Å²) < 4.78 is 13.2. The number of nitrogens with zero attached hydrogens (tertiary/aromatic N) is 2. The van der Waals surface area contributed by atoms with Crippen molar-refractivity contribution in [2.75, 3.05) is 26.3 Å². The van der Waals surface area contributed by atoms with E-state index >= 15 is 0 Å². The van der Waals surface area contributed by atoms with Crippen LogP contribution in [0.25, 0.3) is 11.3 Å². The van der Waals surface area contributed by atoms with Crippen molar-refractivity contribution < 1.29 is 4.39 Å². The van der Waals surface area contributed by atoms with Crippen molar-refractivity contribution in [3.05, 3.63) is 94.8 Å². The van der Waals surface area contributed by atoms with E-state index in [0.29, 0.717) is 18.1 Å². The Kier molecular flexibility index (Phi) is 6.56.